The summed E-state index contributed by atoms with van der Waals surface area (Å²) in [4.78, 5) is 33.2. The maximum Gasteiger partial charge on any atom is 0.413 e. The fraction of sp³-hybridized carbons (Fsp3) is 0.357. The lowest BCUT2D eigenvalue weighted by atomic mass is 10.2. The van der Waals surface area contributed by atoms with Crippen molar-refractivity contribution < 1.29 is 28.6 Å². The van der Waals surface area contributed by atoms with Gasteiger partial charge in [-0.05, 0) is 32.0 Å². The van der Waals surface area contributed by atoms with Gasteiger partial charge in [-0.15, -0.1) is 0 Å². The van der Waals surface area contributed by atoms with Crippen molar-refractivity contribution in [1.29, 1.82) is 0 Å². The second kappa shape index (κ2) is 8.57. The van der Waals surface area contributed by atoms with Gasteiger partial charge in [0.25, 0.3) is 5.91 Å². The molecule has 0 spiro atoms. The Morgan fingerprint density at radius 2 is 1.90 bits per heavy atom. The van der Waals surface area contributed by atoms with Gasteiger partial charge in [-0.2, -0.15) is 0 Å². The van der Waals surface area contributed by atoms with Crippen molar-refractivity contribution in [1.82, 2.24) is 5.32 Å². The molecule has 21 heavy (non-hydrogen) atoms. The summed E-state index contributed by atoms with van der Waals surface area (Å²) in [5.41, 5.74) is 0.432. The van der Waals surface area contributed by atoms with E-state index in [-0.39, 0.29) is 13.2 Å². The quantitative estimate of drug-likeness (QED) is 0.767. The highest BCUT2D eigenvalue weighted by molar-refractivity contribution is 5.92. The zero-order valence-corrected chi connectivity index (χ0v) is 11.9. The van der Waals surface area contributed by atoms with Crippen LogP contribution in [0.4, 0.5) is 4.79 Å². The predicted molar refractivity (Wildman–Crippen MR) is 73.7 cm³/mol. The lowest BCUT2D eigenvalue weighted by Crippen LogP contribution is -2.34. The Morgan fingerprint density at radius 3 is 2.52 bits per heavy atom. The van der Waals surface area contributed by atoms with Crippen LogP contribution in [0.1, 0.15) is 24.2 Å². The Kier molecular flexibility index (Phi) is 6.73. The minimum absolute atomic E-state index is 0.168. The summed E-state index contributed by atoms with van der Waals surface area (Å²) in [5, 5.41) is 2.00. The Balaban J connectivity index is 2.63. The minimum Gasteiger partial charge on any atom is -0.490 e. The second-order valence-corrected chi connectivity index (χ2v) is 3.81. The summed E-state index contributed by atoms with van der Waals surface area (Å²) in [6.07, 6.45) is -0.146. The van der Waals surface area contributed by atoms with Crippen molar-refractivity contribution in [2.45, 2.75) is 13.8 Å². The van der Waals surface area contributed by atoms with E-state index in [2.05, 4.69) is 4.74 Å². The molecule has 0 aliphatic heterocycles. The summed E-state index contributed by atoms with van der Waals surface area (Å²) in [6, 6.07) is 4.57. The summed E-state index contributed by atoms with van der Waals surface area (Å²) < 4.78 is 15.2. The first kappa shape index (κ1) is 16.5. The zero-order valence-electron chi connectivity index (χ0n) is 11.9. The molecular weight excluding hydrogens is 278 g/mol. The number of alkyl carbamates (subject to hydrolysis) is 1. The lowest BCUT2D eigenvalue weighted by molar-refractivity contribution is -0.122. The van der Waals surface area contributed by atoms with Crippen LogP contribution < -0.4 is 14.8 Å². The third-order valence-corrected chi connectivity index (χ3v) is 2.28. The maximum atomic E-state index is 11.5. The first-order chi connectivity index (χ1) is 10.1. The number of carbonyl (C=O) groups excluding carboxylic acids is 3. The van der Waals surface area contributed by atoms with Crippen LogP contribution in [0.2, 0.25) is 0 Å². The van der Waals surface area contributed by atoms with Gasteiger partial charge >= 0.3 is 6.09 Å². The fourth-order valence-electron chi connectivity index (χ4n) is 1.45. The molecule has 0 heterocycles. The third-order valence-electron chi connectivity index (χ3n) is 2.28. The Labute approximate surface area is 122 Å². The zero-order chi connectivity index (χ0) is 15.7. The molecule has 0 saturated heterocycles. The molecule has 0 aliphatic carbocycles. The molecule has 7 heteroatoms. The van der Waals surface area contributed by atoms with Gasteiger partial charge in [0.15, 0.2) is 18.1 Å². The van der Waals surface area contributed by atoms with Crippen LogP contribution in [0.15, 0.2) is 18.2 Å². The molecule has 7 nitrogen and oxygen atoms in total. The Morgan fingerprint density at radius 1 is 1.14 bits per heavy atom. The number of hydrogen-bond donors (Lipinski definition) is 1. The number of nitrogens with one attached hydrogen (secondary N) is 1. The topological polar surface area (TPSA) is 90.9 Å². The van der Waals surface area contributed by atoms with Crippen molar-refractivity contribution in [3.63, 3.8) is 0 Å². The molecule has 0 unspecified atom stereocenters. The number of imide groups is 1. The summed E-state index contributed by atoms with van der Waals surface area (Å²) in [7, 11) is 0. The Hall–Kier alpha value is -2.57. The van der Waals surface area contributed by atoms with Crippen molar-refractivity contribution in [3.05, 3.63) is 23.8 Å². The lowest BCUT2D eigenvalue weighted by Gasteiger charge is -2.12. The molecule has 0 aliphatic rings. The van der Waals surface area contributed by atoms with Crippen LogP contribution in [-0.2, 0) is 9.53 Å². The molecule has 1 N–H and O–H groups in total. The number of ether oxygens (including phenoxy) is 3. The van der Waals surface area contributed by atoms with Crippen molar-refractivity contribution in [3.8, 4) is 11.5 Å². The van der Waals surface area contributed by atoms with E-state index in [4.69, 9.17) is 9.47 Å². The van der Waals surface area contributed by atoms with E-state index in [0.29, 0.717) is 30.0 Å². The number of amides is 2. The van der Waals surface area contributed by atoms with E-state index in [1.54, 1.807) is 13.8 Å². The van der Waals surface area contributed by atoms with Crippen molar-refractivity contribution in [2.75, 3.05) is 19.8 Å². The van der Waals surface area contributed by atoms with Gasteiger partial charge in [0.05, 0.1) is 13.2 Å². The second-order valence-electron chi connectivity index (χ2n) is 3.81. The molecule has 1 aromatic carbocycles. The summed E-state index contributed by atoms with van der Waals surface area (Å²) in [5.74, 6) is 0.0165. The SMILES string of the molecule is CCOC(=O)NC(=O)COc1ccc(C=O)cc1OCC. The average molecular weight is 295 g/mol. The van der Waals surface area contributed by atoms with Crippen LogP contribution in [0.5, 0.6) is 11.5 Å². The van der Waals surface area contributed by atoms with Gasteiger partial charge in [0.1, 0.15) is 6.29 Å². The largest absolute Gasteiger partial charge is 0.490 e. The number of rotatable bonds is 7. The highest BCUT2D eigenvalue weighted by atomic mass is 16.6. The molecule has 0 radical (unpaired) electrons. The fourth-order valence-corrected chi connectivity index (χ4v) is 1.45. The monoisotopic (exact) mass is 295 g/mol. The molecule has 0 atom stereocenters. The van der Waals surface area contributed by atoms with Gasteiger partial charge < -0.3 is 14.2 Å². The standard InChI is InChI=1S/C14H17NO6/c1-3-19-12-7-10(8-16)5-6-11(12)21-9-13(17)15-14(18)20-4-2/h5-8H,3-4,9H2,1-2H3,(H,15,17,18). The molecule has 0 fully saturated rings. The van der Waals surface area contributed by atoms with Crippen LogP contribution in [-0.4, -0.2) is 38.1 Å². The van der Waals surface area contributed by atoms with Gasteiger partial charge in [-0.3, -0.25) is 14.9 Å². The average Bonchev–Trinajstić information content (AvgIpc) is 2.46. The van der Waals surface area contributed by atoms with Gasteiger partial charge in [-0.25, -0.2) is 4.79 Å². The van der Waals surface area contributed by atoms with Gasteiger partial charge in [0, 0.05) is 5.56 Å². The summed E-state index contributed by atoms with van der Waals surface area (Å²) >= 11 is 0. The summed E-state index contributed by atoms with van der Waals surface area (Å²) in [6.45, 7) is 3.59. The molecule has 1 rings (SSSR count). The Bertz CT molecular complexity index is 514. The van der Waals surface area contributed by atoms with Crippen LogP contribution in [0.25, 0.3) is 0 Å². The molecule has 0 aromatic heterocycles. The smallest absolute Gasteiger partial charge is 0.413 e. The third kappa shape index (κ3) is 5.52. The van der Waals surface area contributed by atoms with E-state index < -0.39 is 12.0 Å². The van der Waals surface area contributed by atoms with Gasteiger partial charge in [0.2, 0.25) is 0 Å². The number of aldehydes is 1. The van der Waals surface area contributed by atoms with E-state index in [9.17, 15) is 14.4 Å². The predicted octanol–water partition coefficient (Wildman–Crippen LogP) is 1.55. The number of benzene rings is 1. The highest BCUT2D eigenvalue weighted by Gasteiger charge is 2.11. The van der Waals surface area contributed by atoms with E-state index in [0.717, 1.165) is 0 Å². The normalized spacial score (nSPS) is 9.62. The first-order valence-electron chi connectivity index (χ1n) is 6.42. The molecule has 114 valence electrons. The van der Waals surface area contributed by atoms with E-state index in [1.165, 1.54) is 18.2 Å². The molecule has 0 saturated carbocycles. The van der Waals surface area contributed by atoms with Gasteiger partial charge in [-0.1, -0.05) is 0 Å². The molecule has 0 bridgehead atoms. The number of hydrogen-bond acceptors (Lipinski definition) is 6. The first-order valence-corrected chi connectivity index (χ1v) is 6.42. The van der Waals surface area contributed by atoms with E-state index >= 15 is 0 Å². The minimum atomic E-state index is -0.826. The molecule has 2 amide bonds. The van der Waals surface area contributed by atoms with Crippen molar-refractivity contribution >= 4 is 18.3 Å². The van der Waals surface area contributed by atoms with Crippen LogP contribution in [0.3, 0.4) is 0 Å². The molecular formula is C14H17NO6. The maximum absolute atomic E-state index is 11.5. The van der Waals surface area contributed by atoms with Crippen molar-refractivity contribution in [2.24, 2.45) is 0 Å². The molecule has 1 aromatic rings. The van der Waals surface area contributed by atoms with E-state index in [1.807, 2.05) is 5.32 Å². The number of carbonyl (C=O) groups is 3. The van der Waals surface area contributed by atoms with Crippen LogP contribution in [0, 0.1) is 0 Å². The van der Waals surface area contributed by atoms with Crippen LogP contribution >= 0.6 is 0 Å². The highest BCUT2D eigenvalue weighted by Crippen LogP contribution is 2.27.